The maximum atomic E-state index is 11.8. The van der Waals surface area contributed by atoms with Gasteiger partial charge >= 0.3 is 11.9 Å². The van der Waals surface area contributed by atoms with Crippen LogP contribution in [0.15, 0.2) is 34.7 Å². The Morgan fingerprint density at radius 3 is 2.20 bits per heavy atom. The first-order chi connectivity index (χ1) is 12.1. The van der Waals surface area contributed by atoms with Gasteiger partial charge in [0.25, 0.3) is 0 Å². The predicted molar refractivity (Wildman–Crippen MR) is 89.2 cm³/mol. The molecule has 0 amide bonds. The van der Waals surface area contributed by atoms with E-state index in [0.29, 0.717) is 24.5 Å². The van der Waals surface area contributed by atoms with Gasteiger partial charge in [-0.1, -0.05) is 0 Å². The quantitative estimate of drug-likeness (QED) is 0.570. The van der Waals surface area contributed by atoms with Crippen molar-refractivity contribution < 1.29 is 33.5 Å². The van der Waals surface area contributed by atoms with Crippen molar-refractivity contribution >= 4 is 11.9 Å². The first kappa shape index (κ1) is 18.7. The predicted octanol–water partition coefficient (Wildman–Crippen LogP) is 1.23. The molecule has 134 valence electrons. The topological polar surface area (TPSA) is 91.6 Å². The van der Waals surface area contributed by atoms with Crippen LogP contribution >= 0.6 is 0 Å². The molecule has 0 atom stereocenters. The summed E-state index contributed by atoms with van der Waals surface area (Å²) in [5.41, 5.74) is 1.11. The number of nitrogens with two attached hydrogens (primary N) is 1. The van der Waals surface area contributed by atoms with E-state index in [1.54, 1.807) is 25.3 Å². The molecule has 0 radical (unpaired) electrons. The second kappa shape index (κ2) is 9.00. The summed E-state index contributed by atoms with van der Waals surface area (Å²) >= 11 is 0. The Hall–Kier alpha value is -2.64. The second-order valence-corrected chi connectivity index (χ2v) is 5.32. The molecule has 0 aliphatic carbocycles. The summed E-state index contributed by atoms with van der Waals surface area (Å²) in [4.78, 5) is 23.7. The first-order valence-electron chi connectivity index (χ1n) is 7.80. The normalized spacial score (nSPS) is 10.5. The number of esters is 2. The molecule has 1 aromatic heterocycles. The number of ether oxygens (including phenoxy) is 3. The van der Waals surface area contributed by atoms with E-state index in [-0.39, 0.29) is 11.1 Å². The molecular formula is C18H22NO6+. The Bertz CT molecular complexity index is 703. The van der Waals surface area contributed by atoms with E-state index in [0.717, 1.165) is 12.3 Å². The second-order valence-electron chi connectivity index (χ2n) is 5.32. The van der Waals surface area contributed by atoms with Gasteiger partial charge in [-0.15, -0.1) is 0 Å². The van der Waals surface area contributed by atoms with Crippen molar-refractivity contribution in [1.29, 1.82) is 0 Å². The number of hydrogen-bond donors (Lipinski definition) is 1. The highest BCUT2D eigenvalue weighted by Crippen LogP contribution is 2.25. The maximum Gasteiger partial charge on any atom is 0.337 e. The van der Waals surface area contributed by atoms with Crippen LogP contribution in [0.3, 0.4) is 0 Å². The summed E-state index contributed by atoms with van der Waals surface area (Å²) in [5, 5.41) is 2.07. The Labute approximate surface area is 145 Å². The lowest BCUT2D eigenvalue weighted by molar-refractivity contribution is -0.673. The van der Waals surface area contributed by atoms with E-state index in [4.69, 9.17) is 18.6 Å². The fourth-order valence-corrected chi connectivity index (χ4v) is 2.33. The fraction of sp³-hybridized carbons (Fsp3) is 0.333. The molecule has 0 unspecified atom stereocenters. The van der Waals surface area contributed by atoms with Gasteiger partial charge in [-0.05, 0) is 30.3 Å². The van der Waals surface area contributed by atoms with Gasteiger partial charge in [0.1, 0.15) is 12.3 Å². The number of rotatable bonds is 8. The number of carbonyl (C=O) groups is 2. The van der Waals surface area contributed by atoms with Crippen LogP contribution < -0.4 is 5.32 Å². The monoisotopic (exact) mass is 348 g/mol. The minimum Gasteiger partial charge on any atom is -0.465 e. The molecule has 2 N–H and O–H groups in total. The average molecular weight is 348 g/mol. The summed E-state index contributed by atoms with van der Waals surface area (Å²) in [5.74, 6) is 0.276. The minimum atomic E-state index is -0.535. The summed E-state index contributed by atoms with van der Waals surface area (Å²) in [6.45, 7) is 2.16. The third-order valence-electron chi connectivity index (χ3n) is 3.59. The molecule has 7 heteroatoms. The molecule has 2 rings (SSSR count). The van der Waals surface area contributed by atoms with Crippen molar-refractivity contribution in [2.75, 3.05) is 34.5 Å². The van der Waals surface area contributed by atoms with Gasteiger partial charge in [0, 0.05) is 12.7 Å². The molecule has 2 aromatic rings. The number of carbonyl (C=O) groups excluding carboxylic acids is 2. The SMILES string of the molecule is COCC[NH2+]Cc1ccc(-c2cc(C(=O)OC)cc(C(=O)OC)c2)o1. The highest BCUT2D eigenvalue weighted by molar-refractivity contribution is 5.97. The largest absolute Gasteiger partial charge is 0.465 e. The minimum absolute atomic E-state index is 0.255. The van der Waals surface area contributed by atoms with Gasteiger partial charge in [0.05, 0.1) is 38.5 Å². The standard InChI is InChI=1S/C18H21NO6/c1-22-7-6-19-11-15-4-5-16(25-15)12-8-13(17(20)23-2)10-14(9-12)18(21)24-3/h4-5,8-10,19H,6-7,11H2,1-3H3/p+1. The molecule has 0 bridgehead atoms. The van der Waals surface area contributed by atoms with E-state index in [1.165, 1.54) is 20.3 Å². The molecule has 0 fully saturated rings. The van der Waals surface area contributed by atoms with E-state index in [2.05, 4.69) is 5.32 Å². The third kappa shape index (κ3) is 4.91. The Kier molecular flexibility index (Phi) is 6.73. The van der Waals surface area contributed by atoms with Crippen LogP contribution in [0.5, 0.6) is 0 Å². The van der Waals surface area contributed by atoms with Crippen molar-refractivity contribution in [3.8, 4) is 11.3 Å². The number of benzene rings is 1. The highest BCUT2D eigenvalue weighted by Gasteiger charge is 2.16. The van der Waals surface area contributed by atoms with Crippen molar-refractivity contribution in [2.45, 2.75) is 6.54 Å². The zero-order valence-corrected chi connectivity index (χ0v) is 14.5. The molecule has 1 heterocycles. The maximum absolute atomic E-state index is 11.8. The number of methoxy groups -OCH3 is 3. The molecule has 1 aromatic carbocycles. The summed E-state index contributed by atoms with van der Waals surface area (Å²) in [6.07, 6.45) is 0. The zero-order valence-electron chi connectivity index (χ0n) is 14.5. The van der Waals surface area contributed by atoms with Crippen LogP contribution in [0.1, 0.15) is 26.5 Å². The van der Waals surface area contributed by atoms with Gasteiger partial charge < -0.3 is 23.9 Å². The highest BCUT2D eigenvalue weighted by atomic mass is 16.5. The molecule has 25 heavy (non-hydrogen) atoms. The smallest absolute Gasteiger partial charge is 0.337 e. The molecule has 0 aliphatic heterocycles. The lowest BCUT2D eigenvalue weighted by Crippen LogP contribution is -2.83. The van der Waals surface area contributed by atoms with Crippen molar-refractivity contribution in [2.24, 2.45) is 0 Å². The Balaban J connectivity index is 2.26. The summed E-state index contributed by atoms with van der Waals surface area (Å²) in [7, 11) is 4.23. The number of quaternary nitrogens is 1. The van der Waals surface area contributed by atoms with Gasteiger partial charge in [-0.3, -0.25) is 0 Å². The fourth-order valence-electron chi connectivity index (χ4n) is 2.33. The lowest BCUT2D eigenvalue weighted by Gasteiger charge is -2.06. The van der Waals surface area contributed by atoms with E-state index in [9.17, 15) is 9.59 Å². The van der Waals surface area contributed by atoms with Gasteiger partial charge in [0.15, 0.2) is 5.76 Å². The van der Waals surface area contributed by atoms with Gasteiger partial charge in [-0.2, -0.15) is 0 Å². The van der Waals surface area contributed by atoms with Crippen LogP contribution in [0.2, 0.25) is 0 Å². The molecule has 7 nitrogen and oxygen atoms in total. The molecule has 0 aliphatic rings. The van der Waals surface area contributed by atoms with Crippen molar-refractivity contribution in [1.82, 2.24) is 0 Å². The molecule has 0 saturated carbocycles. The Morgan fingerprint density at radius 1 is 1.00 bits per heavy atom. The van der Waals surface area contributed by atoms with Gasteiger partial charge in [-0.25, -0.2) is 9.59 Å². The van der Waals surface area contributed by atoms with Crippen molar-refractivity contribution in [3.63, 3.8) is 0 Å². The van der Waals surface area contributed by atoms with Crippen LogP contribution in [0.25, 0.3) is 11.3 Å². The number of hydrogen-bond acceptors (Lipinski definition) is 6. The van der Waals surface area contributed by atoms with Gasteiger partial charge in [0.2, 0.25) is 0 Å². The molecule has 0 saturated heterocycles. The van der Waals surface area contributed by atoms with E-state index >= 15 is 0 Å². The van der Waals surface area contributed by atoms with E-state index < -0.39 is 11.9 Å². The van der Waals surface area contributed by atoms with E-state index in [1.807, 2.05) is 6.07 Å². The van der Waals surface area contributed by atoms with Crippen LogP contribution in [0, 0.1) is 0 Å². The third-order valence-corrected chi connectivity index (χ3v) is 3.59. The molecule has 0 spiro atoms. The van der Waals surface area contributed by atoms with Crippen LogP contribution in [-0.4, -0.2) is 46.4 Å². The summed E-state index contributed by atoms with van der Waals surface area (Å²) < 4.78 is 20.3. The molecular weight excluding hydrogens is 326 g/mol. The van der Waals surface area contributed by atoms with Crippen molar-refractivity contribution in [3.05, 3.63) is 47.2 Å². The summed E-state index contributed by atoms with van der Waals surface area (Å²) in [6, 6.07) is 8.34. The average Bonchev–Trinajstić information content (AvgIpc) is 3.12. The lowest BCUT2D eigenvalue weighted by atomic mass is 10.0. The van der Waals surface area contributed by atoms with Crippen LogP contribution in [-0.2, 0) is 20.8 Å². The zero-order chi connectivity index (χ0) is 18.2. The Morgan fingerprint density at radius 2 is 1.64 bits per heavy atom. The number of furan rings is 1. The van der Waals surface area contributed by atoms with Crippen LogP contribution in [0.4, 0.5) is 0 Å². The first-order valence-corrected chi connectivity index (χ1v) is 7.80.